The largest absolute Gasteiger partial charge is 0.440 e. The summed E-state index contributed by atoms with van der Waals surface area (Å²) in [5.74, 6) is 0.497. The van der Waals surface area contributed by atoms with Crippen LogP contribution in [0.5, 0.6) is 0 Å². The van der Waals surface area contributed by atoms with Crippen LogP contribution in [-0.4, -0.2) is 9.97 Å². The maximum absolute atomic E-state index is 5.51. The Balaban J connectivity index is 2.19. The molecule has 66 valence electrons. The second kappa shape index (κ2) is 3.49. The van der Waals surface area contributed by atoms with Gasteiger partial charge in [-0.05, 0) is 23.9 Å². The summed E-state index contributed by atoms with van der Waals surface area (Å²) in [7, 11) is 0. The maximum Gasteiger partial charge on any atom is 0.260 e. The quantitative estimate of drug-likeness (QED) is 0.787. The number of nitrogens with two attached hydrogens (primary N) is 1. The van der Waals surface area contributed by atoms with E-state index in [9.17, 15) is 0 Å². The summed E-state index contributed by atoms with van der Waals surface area (Å²) in [5.41, 5.74) is 5.51. The molecule has 0 saturated carbocycles. The Bertz CT molecular complexity index is 388. The second-order valence-corrected chi connectivity index (χ2v) is 3.34. The normalized spacial score (nSPS) is 10.2. The van der Waals surface area contributed by atoms with Gasteiger partial charge < -0.3 is 10.2 Å². The van der Waals surface area contributed by atoms with Crippen molar-refractivity contribution < 1.29 is 4.42 Å². The lowest BCUT2D eigenvalue weighted by Crippen LogP contribution is -1.88. The fourth-order valence-corrected chi connectivity index (χ4v) is 1.58. The van der Waals surface area contributed by atoms with Crippen LogP contribution in [0.3, 0.4) is 0 Å². The Kier molecular flexibility index (Phi) is 2.18. The van der Waals surface area contributed by atoms with Crippen molar-refractivity contribution in [3.05, 3.63) is 30.8 Å². The highest BCUT2D eigenvalue weighted by Gasteiger charge is 2.01. The standard InChI is InChI=1S/C8H7N3OS/c9-7-5-6(1-2-10-7)13-8-11-3-4-12-8/h1-5H,(H2,9,10). The molecule has 2 aromatic heterocycles. The number of rotatable bonds is 2. The third-order valence-electron chi connectivity index (χ3n) is 1.37. The van der Waals surface area contributed by atoms with E-state index in [4.69, 9.17) is 10.2 Å². The highest BCUT2D eigenvalue weighted by atomic mass is 32.2. The number of hydrogen-bond donors (Lipinski definition) is 1. The van der Waals surface area contributed by atoms with E-state index >= 15 is 0 Å². The summed E-state index contributed by atoms with van der Waals surface area (Å²) in [6.07, 6.45) is 4.79. The van der Waals surface area contributed by atoms with E-state index in [1.807, 2.05) is 6.07 Å². The third-order valence-corrected chi connectivity index (χ3v) is 2.23. The van der Waals surface area contributed by atoms with Crippen LogP contribution in [0.4, 0.5) is 5.82 Å². The molecule has 0 atom stereocenters. The molecule has 13 heavy (non-hydrogen) atoms. The molecule has 0 amide bonds. The van der Waals surface area contributed by atoms with Gasteiger partial charge in [-0.2, -0.15) is 0 Å². The topological polar surface area (TPSA) is 64.9 Å². The van der Waals surface area contributed by atoms with Crippen LogP contribution in [0.15, 0.2) is 45.3 Å². The first-order valence-corrected chi connectivity index (χ1v) is 4.45. The van der Waals surface area contributed by atoms with Crippen LogP contribution in [0.1, 0.15) is 0 Å². The molecule has 0 aliphatic rings. The minimum Gasteiger partial charge on any atom is -0.440 e. The molecule has 0 saturated heterocycles. The van der Waals surface area contributed by atoms with Crippen molar-refractivity contribution in [3.63, 3.8) is 0 Å². The van der Waals surface area contributed by atoms with Crippen LogP contribution in [0, 0.1) is 0 Å². The van der Waals surface area contributed by atoms with Crippen molar-refractivity contribution in [1.29, 1.82) is 0 Å². The Morgan fingerprint density at radius 2 is 2.23 bits per heavy atom. The Morgan fingerprint density at radius 1 is 1.31 bits per heavy atom. The van der Waals surface area contributed by atoms with Crippen LogP contribution >= 0.6 is 11.8 Å². The zero-order valence-corrected chi connectivity index (χ0v) is 7.49. The summed E-state index contributed by atoms with van der Waals surface area (Å²) in [5, 5.41) is 0.602. The van der Waals surface area contributed by atoms with Crippen LogP contribution in [0.25, 0.3) is 0 Å². The number of nitrogens with zero attached hydrogens (tertiary/aromatic N) is 2. The van der Waals surface area contributed by atoms with Gasteiger partial charge in [-0.3, -0.25) is 0 Å². The first kappa shape index (κ1) is 8.12. The van der Waals surface area contributed by atoms with Gasteiger partial charge in [0, 0.05) is 11.1 Å². The zero-order valence-electron chi connectivity index (χ0n) is 6.68. The van der Waals surface area contributed by atoms with Crippen molar-refractivity contribution >= 4 is 17.6 Å². The molecule has 0 aromatic carbocycles. The SMILES string of the molecule is Nc1cc(Sc2ncco2)ccn1. The van der Waals surface area contributed by atoms with Gasteiger partial charge in [0.15, 0.2) is 0 Å². The first-order valence-electron chi connectivity index (χ1n) is 3.63. The highest BCUT2D eigenvalue weighted by molar-refractivity contribution is 7.99. The van der Waals surface area contributed by atoms with Crippen LogP contribution in [0.2, 0.25) is 0 Å². The van der Waals surface area contributed by atoms with Gasteiger partial charge in [0.25, 0.3) is 5.22 Å². The van der Waals surface area contributed by atoms with E-state index in [2.05, 4.69) is 9.97 Å². The second-order valence-electron chi connectivity index (χ2n) is 2.32. The van der Waals surface area contributed by atoms with E-state index in [1.54, 1.807) is 18.5 Å². The van der Waals surface area contributed by atoms with Crippen molar-refractivity contribution in [2.45, 2.75) is 10.1 Å². The predicted molar refractivity (Wildman–Crippen MR) is 49.3 cm³/mol. The number of hydrogen-bond acceptors (Lipinski definition) is 5. The fraction of sp³-hybridized carbons (Fsp3) is 0. The zero-order chi connectivity index (χ0) is 9.10. The molecule has 0 fully saturated rings. The molecule has 2 rings (SSSR count). The van der Waals surface area contributed by atoms with E-state index in [0.29, 0.717) is 11.0 Å². The smallest absolute Gasteiger partial charge is 0.260 e. The van der Waals surface area contributed by atoms with Gasteiger partial charge in [0.1, 0.15) is 12.1 Å². The molecule has 0 aliphatic heterocycles. The monoisotopic (exact) mass is 193 g/mol. The maximum atomic E-state index is 5.51. The van der Waals surface area contributed by atoms with Crippen molar-refractivity contribution in [2.75, 3.05) is 5.73 Å². The number of anilines is 1. The van der Waals surface area contributed by atoms with Crippen molar-refractivity contribution in [3.8, 4) is 0 Å². The molecule has 2 aromatic rings. The van der Waals surface area contributed by atoms with Gasteiger partial charge in [-0.1, -0.05) is 0 Å². The molecule has 0 spiro atoms. The molecule has 4 nitrogen and oxygen atoms in total. The highest BCUT2D eigenvalue weighted by Crippen LogP contribution is 2.26. The lowest BCUT2D eigenvalue weighted by atomic mass is 10.5. The van der Waals surface area contributed by atoms with Crippen LogP contribution in [-0.2, 0) is 0 Å². The summed E-state index contributed by atoms with van der Waals surface area (Å²) in [6.45, 7) is 0. The summed E-state index contributed by atoms with van der Waals surface area (Å²) in [4.78, 5) is 8.83. The fourth-order valence-electron chi connectivity index (χ4n) is 0.853. The van der Waals surface area contributed by atoms with Crippen LogP contribution < -0.4 is 5.73 Å². The average molecular weight is 193 g/mol. The van der Waals surface area contributed by atoms with Gasteiger partial charge >= 0.3 is 0 Å². The van der Waals surface area contributed by atoms with E-state index < -0.39 is 0 Å². The summed E-state index contributed by atoms with van der Waals surface area (Å²) in [6, 6.07) is 3.63. The third kappa shape index (κ3) is 2.00. The molecule has 0 aliphatic carbocycles. The predicted octanol–water partition coefficient (Wildman–Crippen LogP) is 1.80. The molecule has 5 heteroatoms. The van der Waals surface area contributed by atoms with Gasteiger partial charge in [-0.15, -0.1) is 0 Å². The molecular weight excluding hydrogens is 186 g/mol. The molecule has 0 unspecified atom stereocenters. The Hall–Kier alpha value is -1.49. The van der Waals surface area contributed by atoms with Gasteiger partial charge in [0.2, 0.25) is 0 Å². The Labute approximate surface area is 79.2 Å². The number of aromatic nitrogens is 2. The number of pyridine rings is 1. The number of nitrogen functional groups attached to an aromatic ring is 1. The van der Waals surface area contributed by atoms with Crippen molar-refractivity contribution in [2.24, 2.45) is 0 Å². The number of oxazole rings is 1. The molecule has 0 radical (unpaired) electrons. The Morgan fingerprint density at radius 3 is 2.92 bits per heavy atom. The summed E-state index contributed by atoms with van der Waals surface area (Å²) < 4.78 is 5.07. The van der Waals surface area contributed by atoms with E-state index in [1.165, 1.54) is 18.0 Å². The minimum atomic E-state index is 0.497. The summed E-state index contributed by atoms with van der Waals surface area (Å²) >= 11 is 1.41. The lowest BCUT2D eigenvalue weighted by molar-refractivity contribution is 0.454. The van der Waals surface area contributed by atoms with Gasteiger partial charge in [-0.25, -0.2) is 9.97 Å². The molecule has 0 bridgehead atoms. The molecule has 2 N–H and O–H groups in total. The average Bonchev–Trinajstić information content (AvgIpc) is 2.57. The van der Waals surface area contributed by atoms with E-state index in [-0.39, 0.29) is 0 Å². The van der Waals surface area contributed by atoms with Gasteiger partial charge in [0.05, 0.1) is 6.20 Å². The molecular formula is C8H7N3OS. The van der Waals surface area contributed by atoms with E-state index in [0.717, 1.165) is 4.90 Å². The molecule has 2 heterocycles. The first-order chi connectivity index (χ1) is 6.34. The van der Waals surface area contributed by atoms with Crippen molar-refractivity contribution in [1.82, 2.24) is 9.97 Å². The minimum absolute atomic E-state index is 0.497. The lowest BCUT2D eigenvalue weighted by Gasteiger charge is -1.96.